The molecule has 7 heteroatoms. The maximum Gasteiger partial charge on any atom is 0.303 e. The molecule has 1 aromatic carbocycles. The number of hydrogen-bond donors (Lipinski definition) is 2. The number of nitrogens with zero attached hydrogens (tertiary/aromatic N) is 1. The summed E-state index contributed by atoms with van der Waals surface area (Å²) in [5.74, 6) is -2.21. The molecule has 2 rings (SSSR count). The fourth-order valence-electron chi connectivity index (χ4n) is 2.40. The van der Waals surface area contributed by atoms with Gasteiger partial charge < -0.3 is 10.4 Å². The van der Waals surface area contributed by atoms with Crippen molar-refractivity contribution in [3.63, 3.8) is 0 Å². The van der Waals surface area contributed by atoms with Gasteiger partial charge in [-0.3, -0.25) is 24.1 Å². The van der Waals surface area contributed by atoms with Gasteiger partial charge in [0.2, 0.25) is 5.91 Å². The number of hydrogen-bond acceptors (Lipinski definition) is 4. The number of aliphatic carboxylic acids is 1. The van der Waals surface area contributed by atoms with Crippen LogP contribution < -0.4 is 5.32 Å². The molecular formula is C16H18N2O5. The van der Waals surface area contributed by atoms with Crippen molar-refractivity contribution in [3.05, 3.63) is 35.4 Å². The molecule has 0 bridgehead atoms. The summed E-state index contributed by atoms with van der Waals surface area (Å²) in [5.41, 5.74) is 0.709. The molecule has 1 heterocycles. The lowest BCUT2D eigenvalue weighted by molar-refractivity contribution is -0.138. The lowest BCUT2D eigenvalue weighted by atomic mass is 10.1. The van der Waals surface area contributed by atoms with Crippen molar-refractivity contribution in [2.24, 2.45) is 5.92 Å². The van der Waals surface area contributed by atoms with Crippen LogP contribution in [0.3, 0.4) is 0 Å². The van der Waals surface area contributed by atoms with E-state index in [1.165, 1.54) is 0 Å². The average Bonchev–Trinajstić information content (AvgIpc) is 2.75. The fourth-order valence-corrected chi connectivity index (χ4v) is 2.40. The summed E-state index contributed by atoms with van der Waals surface area (Å²) in [5, 5.41) is 11.3. The summed E-state index contributed by atoms with van der Waals surface area (Å²) in [4.78, 5) is 47.6. The monoisotopic (exact) mass is 318 g/mol. The topological polar surface area (TPSA) is 104 Å². The number of benzene rings is 1. The van der Waals surface area contributed by atoms with Crippen molar-refractivity contribution in [1.29, 1.82) is 0 Å². The van der Waals surface area contributed by atoms with Crippen LogP contribution in [0.15, 0.2) is 24.3 Å². The molecule has 2 N–H and O–H groups in total. The van der Waals surface area contributed by atoms with Gasteiger partial charge in [-0.05, 0) is 18.1 Å². The van der Waals surface area contributed by atoms with Crippen LogP contribution in [0, 0.1) is 5.92 Å². The second-order valence-corrected chi connectivity index (χ2v) is 5.56. The summed E-state index contributed by atoms with van der Waals surface area (Å²) in [6, 6.07) is 6.54. The normalized spacial score (nSPS) is 14.6. The van der Waals surface area contributed by atoms with Crippen LogP contribution in [0.5, 0.6) is 0 Å². The number of amides is 3. The Labute approximate surface area is 133 Å². The van der Waals surface area contributed by atoms with E-state index in [-0.39, 0.29) is 37.8 Å². The van der Waals surface area contributed by atoms with Crippen LogP contribution in [0.1, 0.15) is 40.5 Å². The van der Waals surface area contributed by atoms with Crippen molar-refractivity contribution in [3.8, 4) is 0 Å². The molecule has 0 fully saturated rings. The highest BCUT2D eigenvalue weighted by Crippen LogP contribution is 2.22. The quantitative estimate of drug-likeness (QED) is 0.727. The van der Waals surface area contributed by atoms with E-state index in [9.17, 15) is 19.2 Å². The number of carbonyl (C=O) groups is 4. The number of rotatable bonds is 7. The Morgan fingerprint density at radius 1 is 1.17 bits per heavy atom. The first-order valence-corrected chi connectivity index (χ1v) is 7.34. The molecule has 0 aromatic heterocycles. The van der Waals surface area contributed by atoms with Gasteiger partial charge >= 0.3 is 5.97 Å². The first-order valence-electron chi connectivity index (χ1n) is 7.34. The molecule has 7 nitrogen and oxygen atoms in total. The molecule has 1 aliphatic rings. The van der Waals surface area contributed by atoms with Gasteiger partial charge in [0, 0.05) is 25.9 Å². The summed E-state index contributed by atoms with van der Waals surface area (Å²) in [6.45, 7) is 1.97. The third kappa shape index (κ3) is 3.94. The Kier molecular flexibility index (Phi) is 5.10. The maximum absolute atomic E-state index is 12.1. The summed E-state index contributed by atoms with van der Waals surface area (Å²) < 4.78 is 0. The largest absolute Gasteiger partial charge is 0.481 e. The van der Waals surface area contributed by atoms with Crippen molar-refractivity contribution in [2.75, 3.05) is 13.1 Å². The Hall–Kier alpha value is -2.70. The van der Waals surface area contributed by atoms with Crippen LogP contribution in [0.2, 0.25) is 0 Å². The predicted molar refractivity (Wildman–Crippen MR) is 80.9 cm³/mol. The maximum atomic E-state index is 12.1. The zero-order valence-corrected chi connectivity index (χ0v) is 12.7. The van der Waals surface area contributed by atoms with E-state index in [2.05, 4.69) is 5.32 Å². The summed E-state index contributed by atoms with van der Waals surface area (Å²) in [6.07, 6.45) is -0.0378. The van der Waals surface area contributed by atoms with E-state index in [0.29, 0.717) is 11.1 Å². The van der Waals surface area contributed by atoms with E-state index in [4.69, 9.17) is 5.11 Å². The number of carbonyl (C=O) groups excluding carboxylic acids is 3. The van der Waals surface area contributed by atoms with Crippen LogP contribution in [0.25, 0.3) is 0 Å². The molecule has 0 spiro atoms. The van der Waals surface area contributed by atoms with Gasteiger partial charge in [0.15, 0.2) is 0 Å². The second kappa shape index (κ2) is 7.04. The zero-order valence-electron chi connectivity index (χ0n) is 12.7. The lowest BCUT2D eigenvalue weighted by Gasteiger charge is -2.14. The van der Waals surface area contributed by atoms with Gasteiger partial charge in [0.25, 0.3) is 11.8 Å². The van der Waals surface area contributed by atoms with Crippen LogP contribution in [-0.2, 0) is 9.59 Å². The first-order chi connectivity index (χ1) is 10.9. The molecular weight excluding hydrogens is 300 g/mol. The number of nitrogens with one attached hydrogen (secondary N) is 1. The van der Waals surface area contributed by atoms with Gasteiger partial charge in [-0.1, -0.05) is 19.1 Å². The van der Waals surface area contributed by atoms with Gasteiger partial charge in [-0.2, -0.15) is 0 Å². The molecule has 1 aromatic rings. The standard InChI is InChI=1S/C16H18N2O5/c1-10(8-14(20)21)9-17-13(19)6-7-18-15(22)11-4-2-3-5-12(11)16(18)23/h2-5,10H,6-9H2,1H3,(H,17,19)(H,20,21). The minimum atomic E-state index is -0.919. The molecule has 0 radical (unpaired) electrons. The minimum absolute atomic E-state index is 0.00545. The van der Waals surface area contributed by atoms with E-state index in [1.54, 1.807) is 31.2 Å². The number of imide groups is 1. The predicted octanol–water partition coefficient (Wildman–Crippen LogP) is 0.900. The van der Waals surface area contributed by atoms with Crippen molar-refractivity contribution >= 4 is 23.7 Å². The van der Waals surface area contributed by atoms with Crippen LogP contribution in [-0.4, -0.2) is 46.8 Å². The number of carboxylic acid groups (broad SMARTS) is 1. The number of carboxylic acids is 1. The van der Waals surface area contributed by atoms with E-state index < -0.39 is 17.8 Å². The Balaban J connectivity index is 1.83. The van der Waals surface area contributed by atoms with Crippen molar-refractivity contribution in [1.82, 2.24) is 10.2 Å². The van der Waals surface area contributed by atoms with Gasteiger partial charge in [0.1, 0.15) is 0 Å². The van der Waals surface area contributed by atoms with Gasteiger partial charge in [0.05, 0.1) is 11.1 Å². The summed E-state index contributed by atoms with van der Waals surface area (Å²) in [7, 11) is 0. The minimum Gasteiger partial charge on any atom is -0.481 e. The van der Waals surface area contributed by atoms with E-state index >= 15 is 0 Å². The molecule has 23 heavy (non-hydrogen) atoms. The average molecular weight is 318 g/mol. The zero-order chi connectivity index (χ0) is 17.0. The van der Waals surface area contributed by atoms with E-state index in [1.807, 2.05) is 0 Å². The molecule has 1 atom stereocenters. The molecule has 3 amide bonds. The van der Waals surface area contributed by atoms with Crippen LogP contribution in [0.4, 0.5) is 0 Å². The highest BCUT2D eigenvalue weighted by atomic mass is 16.4. The number of fused-ring (bicyclic) bond motifs is 1. The Morgan fingerprint density at radius 3 is 2.26 bits per heavy atom. The molecule has 0 aliphatic carbocycles. The fraction of sp³-hybridized carbons (Fsp3) is 0.375. The third-order valence-electron chi connectivity index (χ3n) is 3.61. The summed E-state index contributed by atoms with van der Waals surface area (Å²) >= 11 is 0. The molecule has 0 saturated carbocycles. The highest BCUT2D eigenvalue weighted by molar-refractivity contribution is 6.21. The van der Waals surface area contributed by atoms with E-state index in [0.717, 1.165) is 4.90 Å². The third-order valence-corrected chi connectivity index (χ3v) is 3.61. The van der Waals surface area contributed by atoms with Gasteiger partial charge in [-0.15, -0.1) is 0 Å². The van der Waals surface area contributed by atoms with Crippen molar-refractivity contribution in [2.45, 2.75) is 19.8 Å². The SMILES string of the molecule is CC(CNC(=O)CCN1C(=O)c2ccccc2C1=O)CC(=O)O. The molecule has 1 unspecified atom stereocenters. The Bertz CT molecular complexity index is 621. The second-order valence-electron chi connectivity index (χ2n) is 5.56. The molecule has 122 valence electrons. The molecule has 1 aliphatic heterocycles. The Morgan fingerprint density at radius 2 is 1.74 bits per heavy atom. The first kappa shape index (κ1) is 16.7. The lowest BCUT2D eigenvalue weighted by Crippen LogP contribution is -2.35. The van der Waals surface area contributed by atoms with Gasteiger partial charge in [-0.25, -0.2) is 0 Å². The molecule has 0 saturated heterocycles. The highest BCUT2D eigenvalue weighted by Gasteiger charge is 2.34. The van der Waals surface area contributed by atoms with Crippen LogP contribution >= 0.6 is 0 Å². The van der Waals surface area contributed by atoms with Crippen molar-refractivity contribution < 1.29 is 24.3 Å². The smallest absolute Gasteiger partial charge is 0.303 e.